The van der Waals surface area contributed by atoms with E-state index in [-0.39, 0.29) is 5.56 Å². The Morgan fingerprint density at radius 2 is 1.81 bits per heavy atom. The highest BCUT2D eigenvalue weighted by atomic mass is 19.2. The molecule has 86 valence electrons. The van der Waals surface area contributed by atoms with Crippen LogP contribution in [0.5, 0.6) is 0 Å². The molecule has 1 aromatic carbocycles. The van der Waals surface area contributed by atoms with Gasteiger partial charge in [0.15, 0.2) is 17.5 Å². The van der Waals surface area contributed by atoms with Gasteiger partial charge < -0.3 is 5.73 Å². The van der Waals surface area contributed by atoms with Gasteiger partial charge >= 0.3 is 0 Å². The van der Waals surface area contributed by atoms with Crippen molar-refractivity contribution in [2.24, 2.45) is 5.73 Å². The van der Waals surface area contributed by atoms with E-state index in [1.807, 2.05) is 0 Å². The maximum absolute atomic E-state index is 13.1. The van der Waals surface area contributed by atoms with Crippen LogP contribution in [-0.4, -0.2) is 6.54 Å². The Morgan fingerprint density at radius 3 is 2.50 bits per heavy atom. The van der Waals surface area contributed by atoms with Crippen LogP contribution in [0, 0.1) is 29.3 Å². The van der Waals surface area contributed by atoms with Crippen LogP contribution in [0.25, 0.3) is 0 Å². The molecule has 1 rings (SSSR count). The SMILES string of the molecule is NCCCCC#Cc1ccc(F)c(F)c1F. The lowest BCUT2D eigenvalue weighted by atomic mass is 10.2. The summed E-state index contributed by atoms with van der Waals surface area (Å²) >= 11 is 0. The monoisotopic (exact) mass is 227 g/mol. The third-order valence-electron chi connectivity index (χ3n) is 2.01. The number of unbranched alkanes of at least 4 members (excludes halogenated alkanes) is 2. The highest BCUT2D eigenvalue weighted by molar-refractivity contribution is 5.36. The molecular weight excluding hydrogens is 215 g/mol. The summed E-state index contributed by atoms with van der Waals surface area (Å²) in [6.07, 6.45) is 2.22. The number of hydrogen-bond acceptors (Lipinski definition) is 1. The fraction of sp³-hybridized carbons (Fsp3) is 0.333. The molecule has 0 bridgehead atoms. The molecule has 0 radical (unpaired) electrons. The molecule has 4 heteroatoms. The van der Waals surface area contributed by atoms with Crippen LogP contribution >= 0.6 is 0 Å². The molecule has 0 fully saturated rings. The lowest BCUT2D eigenvalue weighted by Crippen LogP contribution is -1.97. The van der Waals surface area contributed by atoms with Gasteiger partial charge in [0.1, 0.15) is 0 Å². The summed E-state index contributed by atoms with van der Waals surface area (Å²) in [5.41, 5.74) is 5.16. The number of nitrogens with two attached hydrogens (primary N) is 1. The van der Waals surface area contributed by atoms with Crippen LogP contribution in [0.4, 0.5) is 13.2 Å². The summed E-state index contributed by atoms with van der Waals surface area (Å²) in [4.78, 5) is 0. The predicted octanol–water partition coefficient (Wildman–Crippen LogP) is 2.58. The molecule has 0 aliphatic carbocycles. The molecule has 0 aliphatic rings. The lowest BCUT2D eigenvalue weighted by Gasteiger charge is -1.97. The molecule has 2 N–H and O–H groups in total. The summed E-state index contributed by atoms with van der Waals surface area (Å²) in [5, 5.41) is 0. The quantitative estimate of drug-likeness (QED) is 0.479. The maximum Gasteiger partial charge on any atom is 0.195 e. The smallest absolute Gasteiger partial charge is 0.195 e. The lowest BCUT2D eigenvalue weighted by molar-refractivity contribution is 0.446. The van der Waals surface area contributed by atoms with Crippen molar-refractivity contribution in [2.45, 2.75) is 19.3 Å². The number of hydrogen-bond donors (Lipinski definition) is 1. The first-order valence-corrected chi connectivity index (χ1v) is 4.99. The minimum atomic E-state index is -1.48. The molecule has 0 aliphatic heterocycles. The molecule has 0 aromatic heterocycles. The first kappa shape index (κ1) is 12.6. The van der Waals surface area contributed by atoms with Crippen molar-refractivity contribution in [3.05, 3.63) is 35.1 Å². The van der Waals surface area contributed by atoms with Crippen molar-refractivity contribution < 1.29 is 13.2 Å². The summed E-state index contributed by atoms with van der Waals surface area (Å²) in [6, 6.07) is 1.99. The van der Waals surface area contributed by atoms with E-state index in [1.165, 1.54) is 0 Å². The summed E-state index contributed by atoms with van der Waals surface area (Å²) < 4.78 is 38.5. The van der Waals surface area contributed by atoms with Crippen LogP contribution in [0.1, 0.15) is 24.8 Å². The van der Waals surface area contributed by atoms with Crippen molar-refractivity contribution in [2.75, 3.05) is 6.54 Å². The Morgan fingerprint density at radius 1 is 1.06 bits per heavy atom. The highest BCUT2D eigenvalue weighted by Gasteiger charge is 2.11. The molecule has 0 atom stereocenters. The van der Waals surface area contributed by atoms with Gasteiger partial charge in [-0.1, -0.05) is 11.8 Å². The van der Waals surface area contributed by atoms with Gasteiger partial charge in [0.25, 0.3) is 0 Å². The van der Waals surface area contributed by atoms with Crippen molar-refractivity contribution in [3.63, 3.8) is 0 Å². The summed E-state index contributed by atoms with van der Waals surface area (Å²) in [5.74, 6) is 1.25. The topological polar surface area (TPSA) is 26.0 Å². The zero-order valence-corrected chi connectivity index (χ0v) is 8.69. The van der Waals surface area contributed by atoms with Gasteiger partial charge in [-0.3, -0.25) is 0 Å². The normalized spacial score (nSPS) is 9.75. The molecule has 1 aromatic rings. The van der Waals surface area contributed by atoms with Crippen molar-refractivity contribution >= 4 is 0 Å². The van der Waals surface area contributed by atoms with E-state index in [2.05, 4.69) is 11.8 Å². The number of halogens is 3. The molecule has 0 saturated carbocycles. The molecule has 0 unspecified atom stereocenters. The summed E-state index contributed by atoms with van der Waals surface area (Å²) in [6.45, 7) is 0.585. The molecule has 0 saturated heterocycles. The zero-order chi connectivity index (χ0) is 12.0. The number of rotatable bonds is 3. The van der Waals surface area contributed by atoms with Gasteiger partial charge in [0, 0.05) is 6.42 Å². The van der Waals surface area contributed by atoms with Gasteiger partial charge in [0.2, 0.25) is 0 Å². The van der Waals surface area contributed by atoms with E-state index in [4.69, 9.17) is 5.73 Å². The molecule has 0 spiro atoms. The number of benzene rings is 1. The minimum Gasteiger partial charge on any atom is -0.330 e. The standard InChI is InChI=1S/C12H12F3N/c13-10-7-6-9(11(14)12(10)15)5-3-1-2-4-8-16/h6-7H,1-2,4,8,16H2. The molecule has 0 amide bonds. The van der Waals surface area contributed by atoms with E-state index in [1.54, 1.807) is 0 Å². The second kappa shape index (κ2) is 6.19. The Bertz CT molecular complexity index is 418. The fourth-order valence-corrected chi connectivity index (χ4v) is 1.14. The maximum atomic E-state index is 13.1. The second-order valence-corrected chi connectivity index (χ2v) is 3.27. The van der Waals surface area contributed by atoms with E-state index >= 15 is 0 Å². The van der Waals surface area contributed by atoms with Crippen LogP contribution in [0.2, 0.25) is 0 Å². The van der Waals surface area contributed by atoms with Crippen molar-refractivity contribution in [1.82, 2.24) is 0 Å². The van der Waals surface area contributed by atoms with Crippen LogP contribution < -0.4 is 5.73 Å². The van der Waals surface area contributed by atoms with Gasteiger partial charge in [-0.25, -0.2) is 13.2 Å². The summed E-state index contributed by atoms with van der Waals surface area (Å²) in [7, 11) is 0. The molecule has 0 heterocycles. The van der Waals surface area contributed by atoms with Crippen LogP contribution in [-0.2, 0) is 0 Å². The van der Waals surface area contributed by atoms with Gasteiger partial charge in [-0.05, 0) is 31.5 Å². The average molecular weight is 227 g/mol. The third kappa shape index (κ3) is 3.28. The van der Waals surface area contributed by atoms with E-state index in [9.17, 15) is 13.2 Å². The average Bonchev–Trinajstić information content (AvgIpc) is 2.28. The minimum absolute atomic E-state index is 0.119. The Kier molecular flexibility index (Phi) is 4.87. The predicted molar refractivity (Wildman–Crippen MR) is 56.1 cm³/mol. The van der Waals surface area contributed by atoms with E-state index in [0.717, 1.165) is 25.0 Å². The third-order valence-corrected chi connectivity index (χ3v) is 2.01. The Hall–Kier alpha value is -1.47. The highest BCUT2D eigenvalue weighted by Crippen LogP contribution is 2.14. The van der Waals surface area contributed by atoms with E-state index in [0.29, 0.717) is 13.0 Å². The van der Waals surface area contributed by atoms with Crippen LogP contribution in [0.3, 0.4) is 0 Å². The molecule has 1 nitrogen and oxygen atoms in total. The van der Waals surface area contributed by atoms with E-state index < -0.39 is 17.5 Å². The first-order chi connectivity index (χ1) is 7.66. The zero-order valence-electron chi connectivity index (χ0n) is 8.69. The largest absolute Gasteiger partial charge is 0.330 e. The first-order valence-electron chi connectivity index (χ1n) is 4.99. The van der Waals surface area contributed by atoms with Gasteiger partial charge in [-0.2, -0.15) is 0 Å². The second-order valence-electron chi connectivity index (χ2n) is 3.27. The Balaban J connectivity index is 2.70. The molecular formula is C12H12F3N. The van der Waals surface area contributed by atoms with Gasteiger partial charge in [-0.15, -0.1) is 0 Å². The van der Waals surface area contributed by atoms with Crippen LogP contribution in [0.15, 0.2) is 12.1 Å². The van der Waals surface area contributed by atoms with Crippen molar-refractivity contribution in [1.29, 1.82) is 0 Å². The van der Waals surface area contributed by atoms with Gasteiger partial charge in [0.05, 0.1) is 5.56 Å². The fourth-order valence-electron chi connectivity index (χ4n) is 1.14. The van der Waals surface area contributed by atoms with Crippen molar-refractivity contribution in [3.8, 4) is 11.8 Å². The Labute approximate surface area is 92.5 Å². The molecule has 16 heavy (non-hydrogen) atoms.